The van der Waals surface area contributed by atoms with E-state index in [1.807, 2.05) is 18.3 Å². The van der Waals surface area contributed by atoms with Gasteiger partial charge in [0.1, 0.15) is 0 Å². The Kier molecular flexibility index (Phi) is 5.86. The van der Waals surface area contributed by atoms with Gasteiger partial charge in [0.15, 0.2) is 0 Å². The van der Waals surface area contributed by atoms with Gasteiger partial charge in [-0.3, -0.25) is 4.98 Å². The Morgan fingerprint density at radius 1 is 1.29 bits per heavy atom. The number of halogens is 1. The third-order valence-corrected chi connectivity index (χ3v) is 4.21. The van der Waals surface area contributed by atoms with Gasteiger partial charge in [-0.05, 0) is 44.0 Å². The second-order valence-electron chi connectivity index (χ2n) is 5.84. The monoisotopic (exact) mass is 304 g/mol. The van der Waals surface area contributed by atoms with Gasteiger partial charge < -0.3 is 5.32 Å². The van der Waals surface area contributed by atoms with Crippen molar-refractivity contribution in [2.75, 3.05) is 5.32 Å². The molecule has 0 aliphatic rings. The average Bonchev–Trinajstić information content (AvgIpc) is 2.48. The molecule has 0 aliphatic carbocycles. The number of unbranched alkanes of at least 4 members (excludes halogenated alkanes) is 3. The van der Waals surface area contributed by atoms with Crippen LogP contribution in [0.5, 0.6) is 0 Å². The highest BCUT2D eigenvalue weighted by Crippen LogP contribution is 2.33. The van der Waals surface area contributed by atoms with Crippen molar-refractivity contribution in [3.05, 3.63) is 35.0 Å². The van der Waals surface area contributed by atoms with Gasteiger partial charge in [-0.25, -0.2) is 0 Å². The molecule has 114 valence electrons. The number of hydrogen-bond donors (Lipinski definition) is 1. The number of benzene rings is 1. The van der Waals surface area contributed by atoms with Crippen LogP contribution in [0.4, 0.5) is 5.69 Å². The SMILES string of the molecule is CCCCCCC(C)Nc1c(Cl)cc(C)c2ncccc12. The van der Waals surface area contributed by atoms with Gasteiger partial charge in [0.05, 0.1) is 16.2 Å². The molecule has 1 aromatic heterocycles. The zero-order chi connectivity index (χ0) is 15.2. The summed E-state index contributed by atoms with van der Waals surface area (Å²) >= 11 is 6.45. The van der Waals surface area contributed by atoms with Crippen molar-refractivity contribution in [1.82, 2.24) is 4.98 Å². The van der Waals surface area contributed by atoms with E-state index in [9.17, 15) is 0 Å². The van der Waals surface area contributed by atoms with Gasteiger partial charge in [-0.2, -0.15) is 0 Å². The lowest BCUT2D eigenvalue weighted by molar-refractivity contribution is 0.594. The number of anilines is 1. The Morgan fingerprint density at radius 3 is 2.86 bits per heavy atom. The van der Waals surface area contributed by atoms with E-state index in [1.54, 1.807) is 0 Å². The van der Waals surface area contributed by atoms with Crippen LogP contribution in [0.15, 0.2) is 24.4 Å². The van der Waals surface area contributed by atoms with E-state index in [1.165, 1.54) is 32.1 Å². The van der Waals surface area contributed by atoms with E-state index in [-0.39, 0.29) is 0 Å². The molecule has 2 aromatic rings. The van der Waals surface area contributed by atoms with Crippen LogP contribution in [0.25, 0.3) is 10.9 Å². The minimum atomic E-state index is 0.422. The van der Waals surface area contributed by atoms with Crippen LogP contribution in [0.3, 0.4) is 0 Å². The predicted molar refractivity (Wildman–Crippen MR) is 93.3 cm³/mol. The first-order chi connectivity index (χ1) is 10.1. The summed E-state index contributed by atoms with van der Waals surface area (Å²) in [7, 11) is 0. The van der Waals surface area contributed by atoms with E-state index < -0.39 is 0 Å². The zero-order valence-electron chi connectivity index (χ0n) is 13.2. The van der Waals surface area contributed by atoms with Crippen LogP contribution < -0.4 is 5.32 Å². The summed E-state index contributed by atoms with van der Waals surface area (Å²) in [5.41, 5.74) is 3.17. The molecule has 1 N–H and O–H groups in total. The van der Waals surface area contributed by atoms with Gasteiger partial charge in [0, 0.05) is 17.6 Å². The summed E-state index contributed by atoms with van der Waals surface area (Å²) < 4.78 is 0. The van der Waals surface area contributed by atoms with Crippen LogP contribution in [-0.2, 0) is 0 Å². The van der Waals surface area contributed by atoms with Gasteiger partial charge in [0.25, 0.3) is 0 Å². The molecule has 0 saturated carbocycles. The topological polar surface area (TPSA) is 24.9 Å². The first-order valence-corrected chi connectivity index (χ1v) is 8.31. The first-order valence-electron chi connectivity index (χ1n) is 7.93. The highest BCUT2D eigenvalue weighted by Gasteiger charge is 2.12. The smallest absolute Gasteiger partial charge is 0.0752 e. The van der Waals surface area contributed by atoms with E-state index >= 15 is 0 Å². The third kappa shape index (κ3) is 4.10. The van der Waals surface area contributed by atoms with E-state index in [4.69, 9.17) is 11.6 Å². The van der Waals surface area contributed by atoms with Crippen molar-refractivity contribution in [2.24, 2.45) is 0 Å². The summed E-state index contributed by atoms with van der Waals surface area (Å²) in [6.45, 7) is 6.52. The number of nitrogens with zero attached hydrogens (tertiary/aromatic N) is 1. The molecular formula is C18H25ClN2. The van der Waals surface area contributed by atoms with Crippen LogP contribution in [0.1, 0.15) is 51.5 Å². The predicted octanol–water partition coefficient (Wildman–Crippen LogP) is 5.97. The Hall–Kier alpha value is -1.28. The lowest BCUT2D eigenvalue weighted by atomic mass is 10.1. The largest absolute Gasteiger partial charge is 0.381 e. The van der Waals surface area contributed by atoms with Gasteiger partial charge in [0.2, 0.25) is 0 Å². The molecule has 0 spiro atoms. The molecule has 21 heavy (non-hydrogen) atoms. The zero-order valence-corrected chi connectivity index (χ0v) is 14.0. The molecule has 2 nitrogen and oxygen atoms in total. The number of aryl methyl sites for hydroxylation is 1. The fourth-order valence-electron chi connectivity index (χ4n) is 2.72. The molecule has 0 amide bonds. The standard InChI is InChI=1S/C18H25ClN2/c1-4-5-6-7-9-14(3)21-18-15-10-8-11-20-17(15)13(2)12-16(18)19/h8,10-12,14,21H,4-7,9H2,1-3H3. The van der Waals surface area contributed by atoms with Crippen molar-refractivity contribution in [3.63, 3.8) is 0 Å². The van der Waals surface area contributed by atoms with Crippen LogP contribution in [0.2, 0.25) is 5.02 Å². The quantitative estimate of drug-likeness (QED) is 0.638. The summed E-state index contributed by atoms with van der Waals surface area (Å²) in [5, 5.41) is 5.48. The van der Waals surface area contributed by atoms with Crippen molar-refractivity contribution in [3.8, 4) is 0 Å². The Morgan fingerprint density at radius 2 is 2.10 bits per heavy atom. The normalized spacial score (nSPS) is 12.6. The molecule has 1 heterocycles. The van der Waals surface area contributed by atoms with E-state index in [2.05, 4.69) is 37.1 Å². The third-order valence-electron chi connectivity index (χ3n) is 3.91. The fraction of sp³-hybridized carbons (Fsp3) is 0.500. The highest BCUT2D eigenvalue weighted by molar-refractivity contribution is 6.35. The molecule has 1 atom stereocenters. The minimum absolute atomic E-state index is 0.422. The highest BCUT2D eigenvalue weighted by atomic mass is 35.5. The summed E-state index contributed by atoms with van der Waals surface area (Å²) in [4.78, 5) is 4.48. The number of rotatable bonds is 7. The molecule has 1 unspecified atom stereocenters. The summed E-state index contributed by atoms with van der Waals surface area (Å²) in [6.07, 6.45) is 8.19. The molecule has 0 saturated heterocycles. The minimum Gasteiger partial charge on any atom is -0.381 e. The van der Waals surface area contributed by atoms with Gasteiger partial charge in [-0.15, -0.1) is 0 Å². The summed E-state index contributed by atoms with van der Waals surface area (Å²) in [6, 6.07) is 6.48. The van der Waals surface area contributed by atoms with Gasteiger partial charge >= 0.3 is 0 Å². The van der Waals surface area contributed by atoms with Crippen LogP contribution >= 0.6 is 11.6 Å². The molecule has 0 aliphatic heterocycles. The number of hydrogen-bond acceptors (Lipinski definition) is 2. The Labute approximate surface area is 132 Å². The van der Waals surface area contributed by atoms with E-state index in [0.717, 1.165) is 27.2 Å². The summed E-state index contributed by atoms with van der Waals surface area (Å²) in [5.74, 6) is 0. The fourth-order valence-corrected chi connectivity index (χ4v) is 3.04. The van der Waals surface area contributed by atoms with Crippen LogP contribution in [0, 0.1) is 6.92 Å². The second-order valence-corrected chi connectivity index (χ2v) is 6.25. The van der Waals surface area contributed by atoms with E-state index in [0.29, 0.717) is 6.04 Å². The molecule has 1 aromatic carbocycles. The van der Waals surface area contributed by atoms with Crippen molar-refractivity contribution < 1.29 is 0 Å². The lowest BCUT2D eigenvalue weighted by Crippen LogP contribution is -2.15. The van der Waals surface area contributed by atoms with Crippen molar-refractivity contribution in [1.29, 1.82) is 0 Å². The number of aromatic nitrogens is 1. The lowest BCUT2D eigenvalue weighted by Gasteiger charge is -2.19. The number of pyridine rings is 1. The molecule has 0 radical (unpaired) electrons. The number of fused-ring (bicyclic) bond motifs is 1. The molecule has 0 bridgehead atoms. The molecule has 0 fully saturated rings. The van der Waals surface area contributed by atoms with Crippen molar-refractivity contribution >= 4 is 28.2 Å². The van der Waals surface area contributed by atoms with Gasteiger partial charge in [-0.1, -0.05) is 44.2 Å². The second kappa shape index (κ2) is 7.65. The maximum atomic E-state index is 6.45. The molecular weight excluding hydrogens is 280 g/mol. The number of nitrogens with one attached hydrogen (secondary N) is 1. The molecule has 3 heteroatoms. The average molecular weight is 305 g/mol. The maximum absolute atomic E-state index is 6.45. The first kappa shape index (κ1) is 16.1. The maximum Gasteiger partial charge on any atom is 0.0752 e. The Bertz CT molecular complexity index is 595. The molecule has 2 rings (SSSR count). The van der Waals surface area contributed by atoms with Crippen molar-refractivity contribution in [2.45, 2.75) is 58.9 Å². The van der Waals surface area contributed by atoms with Crippen LogP contribution in [-0.4, -0.2) is 11.0 Å². The Balaban J connectivity index is 2.14.